The van der Waals surface area contributed by atoms with Gasteiger partial charge in [-0.15, -0.1) is 34.8 Å². The summed E-state index contributed by atoms with van der Waals surface area (Å²) in [6.07, 6.45) is 1.86. The van der Waals surface area contributed by atoms with Crippen LogP contribution in [0, 0.1) is 45.3 Å². The minimum atomic E-state index is 0.0972. The first kappa shape index (κ1) is 26.8. The first-order valence-corrected chi connectivity index (χ1v) is 7.60. The minimum Gasteiger partial charge on any atom is -0.198 e. The molecule has 0 aliphatic rings. The van der Waals surface area contributed by atoms with E-state index in [0.717, 1.165) is 6.42 Å². The standard InChI is InChI=1S/C4H6ClN.C3H4ClN.C2H2BrN.C2H2ClN/c5-3-1-2-4-6;4-2-1-3-5;2*3-1-2-4/h1-3H2;1-2H2;2*1H2. The Labute approximate surface area is 138 Å². The van der Waals surface area contributed by atoms with E-state index in [0.29, 0.717) is 29.9 Å². The lowest BCUT2D eigenvalue weighted by molar-refractivity contribution is 0.976. The van der Waals surface area contributed by atoms with Gasteiger partial charge < -0.3 is 0 Å². The third-order valence-electron chi connectivity index (χ3n) is 0.748. The summed E-state index contributed by atoms with van der Waals surface area (Å²) >= 11 is 18.0. The summed E-state index contributed by atoms with van der Waals surface area (Å²) in [7, 11) is 0. The van der Waals surface area contributed by atoms with Crippen molar-refractivity contribution >= 4 is 50.7 Å². The minimum absolute atomic E-state index is 0.0972. The number of hydrogen-bond acceptors (Lipinski definition) is 4. The largest absolute Gasteiger partial charge is 0.198 e. The van der Waals surface area contributed by atoms with Crippen LogP contribution in [0.4, 0.5) is 0 Å². The van der Waals surface area contributed by atoms with Gasteiger partial charge in [0.15, 0.2) is 0 Å². The Balaban J connectivity index is -0.0000000803. The summed E-state index contributed by atoms with van der Waals surface area (Å²) in [6, 6.07) is 7.41. The van der Waals surface area contributed by atoms with E-state index in [2.05, 4.69) is 15.9 Å². The maximum Gasteiger partial charge on any atom is 0.109 e. The summed E-state index contributed by atoms with van der Waals surface area (Å²) in [5.41, 5.74) is 0. The van der Waals surface area contributed by atoms with Gasteiger partial charge in [0.2, 0.25) is 0 Å². The van der Waals surface area contributed by atoms with E-state index >= 15 is 0 Å². The fourth-order valence-corrected chi connectivity index (χ4v) is 0.406. The molecule has 0 N–H and O–H groups in total. The molecule has 4 nitrogen and oxygen atoms in total. The van der Waals surface area contributed by atoms with Crippen molar-refractivity contribution in [3.05, 3.63) is 0 Å². The van der Waals surface area contributed by atoms with Gasteiger partial charge in [0.25, 0.3) is 0 Å². The van der Waals surface area contributed by atoms with Crippen molar-refractivity contribution in [3.63, 3.8) is 0 Å². The molecule has 0 aromatic heterocycles. The molecule has 19 heavy (non-hydrogen) atoms. The Morgan fingerprint density at radius 1 is 0.737 bits per heavy atom. The van der Waals surface area contributed by atoms with Crippen molar-refractivity contribution in [1.82, 2.24) is 0 Å². The smallest absolute Gasteiger partial charge is 0.109 e. The molecule has 0 aliphatic carbocycles. The van der Waals surface area contributed by atoms with E-state index in [1.807, 2.05) is 18.2 Å². The van der Waals surface area contributed by atoms with Crippen LogP contribution in [0.3, 0.4) is 0 Å². The molecule has 0 radical (unpaired) electrons. The Morgan fingerprint density at radius 3 is 1.21 bits per heavy atom. The van der Waals surface area contributed by atoms with Gasteiger partial charge >= 0.3 is 0 Å². The Kier molecular flexibility index (Phi) is 61.1. The van der Waals surface area contributed by atoms with Gasteiger partial charge in [0.1, 0.15) is 5.88 Å². The van der Waals surface area contributed by atoms with Crippen LogP contribution in [0.15, 0.2) is 0 Å². The molecule has 0 saturated heterocycles. The number of halogens is 4. The van der Waals surface area contributed by atoms with E-state index in [4.69, 9.17) is 55.9 Å². The van der Waals surface area contributed by atoms with E-state index < -0.39 is 0 Å². The first-order valence-electron chi connectivity index (χ1n) is 4.88. The molecule has 0 atom stereocenters. The molecule has 0 saturated carbocycles. The van der Waals surface area contributed by atoms with E-state index in [9.17, 15) is 0 Å². The summed E-state index contributed by atoms with van der Waals surface area (Å²) in [5.74, 6) is 1.16. The molecule has 8 heteroatoms. The van der Waals surface area contributed by atoms with Crippen LogP contribution >= 0.6 is 50.7 Å². The topological polar surface area (TPSA) is 95.2 Å². The third-order valence-corrected chi connectivity index (χ3v) is 1.57. The Morgan fingerprint density at radius 2 is 1.16 bits per heavy atom. The van der Waals surface area contributed by atoms with Crippen LogP contribution in [0.1, 0.15) is 19.3 Å². The molecule has 0 aromatic rings. The zero-order valence-corrected chi connectivity index (χ0v) is 14.1. The molecule has 0 amide bonds. The van der Waals surface area contributed by atoms with E-state index in [-0.39, 0.29) is 5.88 Å². The molecule has 0 aromatic carbocycles. The average Bonchev–Trinajstić information content (AvgIpc) is 2.47. The number of nitriles is 4. The van der Waals surface area contributed by atoms with E-state index in [1.165, 1.54) is 0 Å². The quantitative estimate of drug-likeness (QED) is 0.531. The molecule has 0 heterocycles. The van der Waals surface area contributed by atoms with Gasteiger partial charge in [-0.25, -0.2) is 0 Å². The van der Waals surface area contributed by atoms with Crippen molar-refractivity contribution in [1.29, 1.82) is 21.0 Å². The summed E-state index contributed by atoms with van der Waals surface area (Å²) in [5, 5.41) is 31.1. The maximum atomic E-state index is 7.89. The highest BCUT2D eigenvalue weighted by atomic mass is 79.9. The molecular formula is C11H14BrCl3N4. The van der Waals surface area contributed by atoms with Gasteiger partial charge in [-0.05, 0) is 6.42 Å². The van der Waals surface area contributed by atoms with Crippen LogP contribution in [-0.2, 0) is 0 Å². The van der Waals surface area contributed by atoms with Crippen LogP contribution in [0.25, 0.3) is 0 Å². The monoisotopic (exact) mass is 386 g/mol. The predicted molar refractivity (Wildman–Crippen MR) is 82.3 cm³/mol. The average molecular weight is 389 g/mol. The summed E-state index contributed by atoms with van der Waals surface area (Å²) < 4.78 is 0. The van der Waals surface area contributed by atoms with Crippen molar-refractivity contribution in [3.8, 4) is 24.3 Å². The van der Waals surface area contributed by atoms with Gasteiger partial charge in [-0.1, -0.05) is 15.9 Å². The van der Waals surface area contributed by atoms with Crippen molar-refractivity contribution in [2.45, 2.75) is 19.3 Å². The van der Waals surface area contributed by atoms with Crippen LogP contribution < -0.4 is 0 Å². The fourth-order valence-electron chi connectivity index (χ4n) is 0.188. The predicted octanol–water partition coefficient (Wildman–Crippen LogP) is 4.32. The second-order valence-corrected chi connectivity index (χ2v) is 3.72. The maximum absolute atomic E-state index is 7.89. The molecule has 106 valence electrons. The second kappa shape index (κ2) is 43.3. The Hall–Kier alpha value is -0.690. The van der Waals surface area contributed by atoms with Crippen molar-refractivity contribution in [2.75, 3.05) is 23.0 Å². The Bertz CT molecular complexity index is 285. The normalized spacial score (nSPS) is 6.11. The molecular weight excluding hydrogens is 374 g/mol. The number of nitrogens with zero attached hydrogens (tertiary/aromatic N) is 4. The second-order valence-electron chi connectivity index (χ2n) is 2.13. The van der Waals surface area contributed by atoms with Gasteiger partial charge in [0, 0.05) is 24.6 Å². The molecule has 0 aliphatic heterocycles. The first-order chi connectivity index (χ1) is 9.16. The zero-order chi connectivity index (χ0) is 15.8. The number of unbranched alkanes of at least 4 members (excludes halogenated alkanes) is 1. The summed E-state index contributed by atoms with van der Waals surface area (Å²) in [4.78, 5) is 0. The highest BCUT2D eigenvalue weighted by molar-refractivity contribution is 9.09. The van der Waals surface area contributed by atoms with Crippen molar-refractivity contribution in [2.24, 2.45) is 0 Å². The lowest BCUT2D eigenvalue weighted by Gasteiger charge is -1.75. The number of alkyl halides is 4. The zero-order valence-electron chi connectivity index (χ0n) is 10.3. The summed E-state index contributed by atoms with van der Waals surface area (Å²) in [6.45, 7) is 0. The van der Waals surface area contributed by atoms with E-state index in [1.54, 1.807) is 6.07 Å². The number of rotatable bonds is 3. The lowest BCUT2D eigenvalue weighted by atomic mass is 10.4. The molecule has 0 fully saturated rings. The third kappa shape index (κ3) is 102. The highest BCUT2D eigenvalue weighted by Crippen LogP contribution is 1.86. The van der Waals surface area contributed by atoms with Gasteiger partial charge in [0.05, 0.1) is 29.6 Å². The van der Waals surface area contributed by atoms with Crippen LogP contribution in [0.2, 0.25) is 0 Å². The van der Waals surface area contributed by atoms with Crippen LogP contribution in [0.5, 0.6) is 0 Å². The fraction of sp³-hybridized carbons (Fsp3) is 0.636. The lowest BCUT2D eigenvalue weighted by Crippen LogP contribution is -1.68. The molecule has 0 spiro atoms. The molecule has 0 bridgehead atoms. The highest BCUT2D eigenvalue weighted by Gasteiger charge is 1.76. The number of hydrogen-bond donors (Lipinski definition) is 0. The SMILES string of the molecule is N#CCBr.N#CCCCCl.N#CCCCl.N#CCCl. The van der Waals surface area contributed by atoms with Gasteiger partial charge in [-0.2, -0.15) is 21.0 Å². The van der Waals surface area contributed by atoms with Gasteiger partial charge in [-0.3, -0.25) is 0 Å². The molecule has 0 unspecified atom stereocenters. The van der Waals surface area contributed by atoms with Crippen LogP contribution in [-0.4, -0.2) is 23.0 Å². The molecule has 0 rings (SSSR count). The van der Waals surface area contributed by atoms with Crippen molar-refractivity contribution < 1.29 is 0 Å².